The predicted molar refractivity (Wildman–Crippen MR) is 54.6 cm³/mol. The van der Waals surface area contributed by atoms with Crippen LogP contribution in [0, 0.1) is 0 Å². The van der Waals surface area contributed by atoms with E-state index in [0.29, 0.717) is 12.4 Å². The van der Waals surface area contributed by atoms with Gasteiger partial charge in [0.2, 0.25) is 5.82 Å². The van der Waals surface area contributed by atoms with Crippen molar-refractivity contribution in [2.45, 2.75) is 6.92 Å². The Balaban J connectivity index is 3.08. The Labute approximate surface area is 83.4 Å². The third-order valence-corrected chi connectivity index (χ3v) is 2.47. The molecule has 1 rings (SSSR count). The van der Waals surface area contributed by atoms with Crippen molar-refractivity contribution in [3.63, 3.8) is 0 Å². The predicted octanol–water partition coefficient (Wildman–Crippen LogP) is 0.557. The standard InChI is InChI=1S/C10H15N2O2/c1-3-12(2,10(14)8-13)9-6-4-5-7-11-9/h4-7,13H,3,8H2,1-2H3/q+1. The second-order valence-corrected chi connectivity index (χ2v) is 3.25. The van der Waals surface area contributed by atoms with Crippen LogP contribution in [0.25, 0.3) is 0 Å². The quantitative estimate of drug-likeness (QED) is 0.717. The van der Waals surface area contributed by atoms with Crippen molar-refractivity contribution in [2.24, 2.45) is 0 Å². The average molecular weight is 195 g/mol. The Bertz CT molecular complexity index is 313. The van der Waals surface area contributed by atoms with Gasteiger partial charge < -0.3 is 5.11 Å². The lowest BCUT2D eigenvalue weighted by Gasteiger charge is -2.27. The van der Waals surface area contributed by atoms with E-state index >= 15 is 0 Å². The molecule has 0 bridgehead atoms. The van der Waals surface area contributed by atoms with E-state index in [-0.39, 0.29) is 10.4 Å². The molecular weight excluding hydrogens is 180 g/mol. The summed E-state index contributed by atoms with van der Waals surface area (Å²) >= 11 is 0. The van der Waals surface area contributed by atoms with E-state index in [2.05, 4.69) is 4.98 Å². The number of hydrogen-bond donors (Lipinski definition) is 1. The third-order valence-electron chi connectivity index (χ3n) is 2.47. The van der Waals surface area contributed by atoms with Gasteiger partial charge in [0, 0.05) is 12.3 Å². The number of likely N-dealkylation sites (N-methyl/N-ethyl adjacent to an activating group) is 1. The highest BCUT2D eigenvalue weighted by molar-refractivity contribution is 5.87. The van der Waals surface area contributed by atoms with Gasteiger partial charge in [-0.1, -0.05) is 6.07 Å². The number of hydrogen-bond acceptors (Lipinski definition) is 3. The molecule has 0 fully saturated rings. The SMILES string of the molecule is CC[N+](C)(C(=O)CO)c1ccccn1. The van der Waals surface area contributed by atoms with Gasteiger partial charge >= 0.3 is 5.91 Å². The summed E-state index contributed by atoms with van der Waals surface area (Å²) in [6, 6.07) is 5.42. The molecule has 1 unspecified atom stereocenters. The second kappa shape index (κ2) is 4.30. The summed E-state index contributed by atoms with van der Waals surface area (Å²) in [5.41, 5.74) is 0. The summed E-state index contributed by atoms with van der Waals surface area (Å²) in [4.78, 5) is 15.7. The monoisotopic (exact) mass is 195 g/mol. The molecule has 0 spiro atoms. The van der Waals surface area contributed by atoms with E-state index in [1.54, 1.807) is 25.4 Å². The van der Waals surface area contributed by atoms with Crippen molar-refractivity contribution < 1.29 is 9.90 Å². The summed E-state index contributed by atoms with van der Waals surface area (Å²) < 4.78 is 0.0390. The van der Waals surface area contributed by atoms with Crippen molar-refractivity contribution in [3.05, 3.63) is 24.4 Å². The number of rotatable bonds is 3. The number of aliphatic hydroxyl groups is 1. The molecule has 0 aromatic carbocycles. The summed E-state index contributed by atoms with van der Waals surface area (Å²) in [6.45, 7) is 2.01. The second-order valence-electron chi connectivity index (χ2n) is 3.25. The van der Waals surface area contributed by atoms with Crippen molar-refractivity contribution in [1.82, 2.24) is 9.47 Å². The van der Waals surface area contributed by atoms with Crippen molar-refractivity contribution in [3.8, 4) is 0 Å². The van der Waals surface area contributed by atoms with Crippen LogP contribution in [0.1, 0.15) is 6.92 Å². The van der Waals surface area contributed by atoms with Gasteiger partial charge in [0.15, 0.2) is 6.61 Å². The highest BCUT2D eigenvalue weighted by Gasteiger charge is 2.32. The molecule has 1 aromatic rings. The van der Waals surface area contributed by atoms with E-state index in [4.69, 9.17) is 5.11 Å². The fraction of sp³-hybridized carbons (Fsp3) is 0.400. The van der Waals surface area contributed by atoms with Gasteiger partial charge in [0.1, 0.15) is 0 Å². The lowest BCUT2D eigenvalue weighted by molar-refractivity contribution is -0.132. The maximum absolute atomic E-state index is 11.5. The Kier molecular flexibility index (Phi) is 3.33. The summed E-state index contributed by atoms with van der Waals surface area (Å²) in [5.74, 6) is 0.417. The minimum absolute atomic E-state index is 0.0390. The van der Waals surface area contributed by atoms with Gasteiger partial charge in [-0.05, 0) is 13.0 Å². The smallest absolute Gasteiger partial charge is 0.345 e. The summed E-state index contributed by atoms with van der Waals surface area (Å²) in [5, 5.41) is 8.87. The molecular formula is C10H15N2O2+. The van der Waals surface area contributed by atoms with Crippen LogP contribution in [0.2, 0.25) is 0 Å². The highest BCUT2D eigenvalue weighted by atomic mass is 16.3. The van der Waals surface area contributed by atoms with Crippen LogP contribution in [0.3, 0.4) is 0 Å². The Morgan fingerprint density at radius 3 is 2.71 bits per heavy atom. The maximum Gasteiger partial charge on any atom is 0.345 e. The van der Waals surface area contributed by atoms with E-state index in [0.717, 1.165) is 0 Å². The molecule has 0 aliphatic rings. The highest BCUT2D eigenvalue weighted by Crippen LogP contribution is 2.16. The Morgan fingerprint density at radius 2 is 2.29 bits per heavy atom. The zero-order valence-electron chi connectivity index (χ0n) is 8.47. The van der Waals surface area contributed by atoms with Crippen LogP contribution in [0.5, 0.6) is 0 Å². The first-order valence-corrected chi connectivity index (χ1v) is 4.56. The van der Waals surface area contributed by atoms with Crippen LogP contribution in [-0.4, -0.2) is 36.2 Å². The molecule has 4 nitrogen and oxygen atoms in total. The molecule has 1 amide bonds. The molecule has 0 saturated carbocycles. The Hall–Kier alpha value is -1.26. The van der Waals surface area contributed by atoms with Crippen molar-refractivity contribution in [2.75, 3.05) is 20.2 Å². The fourth-order valence-electron chi connectivity index (χ4n) is 1.27. The molecule has 14 heavy (non-hydrogen) atoms. The molecule has 1 heterocycles. The molecule has 1 atom stereocenters. The van der Waals surface area contributed by atoms with Gasteiger partial charge in [-0.15, -0.1) is 0 Å². The van der Waals surface area contributed by atoms with Crippen molar-refractivity contribution >= 4 is 11.7 Å². The van der Waals surface area contributed by atoms with Crippen LogP contribution in [-0.2, 0) is 4.79 Å². The van der Waals surface area contributed by atoms with E-state index in [9.17, 15) is 4.79 Å². The van der Waals surface area contributed by atoms with E-state index in [1.165, 1.54) is 0 Å². The molecule has 76 valence electrons. The number of carbonyl (C=O) groups excluding carboxylic acids is 1. The molecule has 0 aliphatic carbocycles. The van der Waals surface area contributed by atoms with Gasteiger partial charge in [-0.2, -0.15) is 0 Å². The molecule has 0 radical (unpaired) electrons. The number of nitrogens with zero attached hydrogens (tertiary/aromatic N) is 2. The number of aromatic nitrogens is 1. The maximum atomic E-state index is 11.5. The van der Waals surface area contributed by atoms with Crippen molar-refractivity contribution in [1.29, 1.82) is 0 Å². The van der Waals surface area contributed by atoms with Crippen LogP contribution in [0.4, 0.5) is 5.82 Å². The number of quaternary nitrogens is 1. The number of aliphatic hydroxyl groups excluding tert-OH is 1. The summed E-state index contributed by atoms with van der Waals surface area (Å²) in [6.07, 6.45) is 1.64. The zero-order chi connectivity index (χ0) is 10.6. The largest absolute Gasteiger partial charge is 0.382 e. The van der Waals surface area contributed by atoms with E-state index in [1.807, 2.05) is 13.0 Å². The number of amides is 1. The molecule has 4 heteroatoms. The van der Waals surface area contributed by atoms with Gasteiger partial charge in [0.25, 0.3) is 0 Å². The van der Waals surface area contributed by atoms with Crippen LogP contribution in [0.15, 0.2) is 24.4 Å². The first kappa shape index (κ1) is 10.8. The Morgan fingerprint density at radius 1 is 1.57 bits per heavy atom. The van der Waals surface area contributed by atoms with Gasteiger partial charge in [-0.3, -0.25) is 0 Å². The van der Waals surface area contributed by atoms with Crippen LogP contribution >= 0.6 is 0 Å². The average Bonchev–Trinajstić information content (AvgIpc) is 2.28. The minimum Gasteiger partial charge on any atom is -0.382 e. The molecule has 1 N–H and O–H groups in total. The van der Waals surface area contributed by atoms with Crippen LogP contribution < -0.4 is 4.48 Å². The first-order valence-electron chi connectivity index (χ1n) is 4.56. The third kappa shape index (κ3) is 1.81. The van der Waals surface area contributed by atoms with Gasteiger partial charge in [0.05, 0.1) is 13.6 Å². The van der Waals surface area contributed by atoms with E-state index < -0.39 is 6.61 Å². The lowest BCUT2D eigenvalue weighted by Crippen LogP contribution is -2.52. The summed E-state index contributed by atoms with van der Waals surface area (Å²) in [7, 11) is 1.75. The number of carbonyl (C=O) groups is 1. The molecule has 1 aromatic heterocycles. The zero-order valence-corrected chi connectivity index (χ0v) is 8.47. The topological polar surface area (TPSA) is 50.2 Å². The first-order chi connectivity index (χ1) is 6.65. The normalized spacial score (nSPS) is 14.8. The number of pyridine rings is 1. The molecule has 0 saturated heterocycles. The minimum atomic E-state index is -0.457. The lowest BCUT2D eigenvalue weighted by atomic mass is 10.3. The van der Waals surface area contributed by atoms with Gasteiger partial charge in [-0.25, -0.2) is 14.3 Å². The fourth-order valence-corrected chi connectivity index (χ4v) is 1.27. The molecule has 0 aliphatic heterocycles.